The van der Waals surface area contributed by atoms with Crippen molar-refractivity contribution in [1.82, 2.24) is 9.55 Å². The fourth-order valence-corrected chi connectivity index (χ4v) is 2.12. The molecule has 0 aliphatic carbocycles. The molecule has 0 aromatic carbocycles. The van der Waals surface area contributed by atoms with E-state index in [9.17, 15) is 9.59 Å². The summed E-state index contributed by atoms with van der Waals surface area (Å²) in [6.07, 6.45) is 3.89. The normalized spacial score (nSPS) is 11.0. The Labute approximate surface area is 119 Å². The Morgan fingerprint density at radius 1 is 1.25 bits per heavy atom. The standard InChI is InChI=1S/C14H26N4O2/c1-4-7-8-18-12(15)11(13(19)17-14(18)20)16-9-10(5-2)6-3/h10,16H,4-9,15H2,1-3H3,(H,17,19,20). The summed E-state index contributed by atoms with van der Waals surface area (Å²) in [6.45, 7) is 7.49. The van der Waals surface area contributed by atoms with Crippen LogP contribution in [0.15, 0.2) is 9.59 Å². The Balaban J connectivity index is 3.01. The van der Waals surface area contributed by atoms with E-state index in [-0.39, 0.29) is 5.82 Å². The van der Waals surface area contributed by atoms with Crippen molar-refractivity contribution >= 4 is 11.5 Å². The van der Waals surface area contributed by atoms with Gasteiger partial charge in [0.05, 0.1) is 0 Å². The molecule has 4 N–H and O–H groups in total. The quantitative estimate of drug-likeness (QED) is 0.677. The van der Waals surface area contributed by atoms with Crippen LogP contribution < -0.4 is 22.3 Å². The van der Waals surface area contributed by atoms with Gasteiger partial charge in [-0.3, -0.25) is 14.3 Å². The molecule has 6 nitrogen and oxygen atoms in total. The maximum absolute atomic E-state index is 11.9. The van der Waals surface area contributed by atoms with Crippen molar-refractivity contribution in [3.63, 3.8) is 0 Å². The van der Waals surface area contributed by atoms with Gasteiger partial charge in [0, 0.05) is 13.1 Å². The SMILES string of the molecule is CCCCn1c(N)c(NCC(CC)CC)c(=O)[nH]c1=O. The zero-order chi connectivity index (χ0) is 15.1. The predicted octanol–water partition coefficient (Wildman–Crippen LogP) is 1.77. The molecule has 1 aromatic rings. The zero-order valence-corrected chi connectivity index (χ0v) is 12.7. The minimum absolute atomic E-state index is 0.234. The molecular formula is C14H26N4O2. The predicted molar refractivity (Wildman–Crippen MR) is 83.2 cm³/mol. The number of hydrogen-bond donors (Lipinski definition) is 3. The number of nitrogens with two attached hydrogens (primary N) is 1. The number of anilines is 2. The highest BCUT2D eigenvalue weighted by atomic mass is 16.2. The van der Waals surface area contributed by atoms with Crippen LogP contribution in [0.1, 0.15) is 46.5 Å². The third-order valence-electron chi connectivity index (χ3n) is 3.70. The van der Waals surface area contributed by atoms with E-state index in [0.29, 0.717) is 24.7 Å². The topological polar surface area (TPSA) is 92.9 Å². The number of unbranched alkanes of at least 4 members (excludes halogenated alkanes) is 1. The molecule has 0 saturated heterocycles. The molecule has 0 aliphatic rings. The number of H-pyrrole nitrogens is 1. The highest BCUT2D eigenvalue weighted by Crippen LogP contribution is 2.14. The average Bonchev–Trinajstić information content (AvgIpc) is 2.42. The number of aromatic amines is 1. The molecule has 0 saturated carbocycles. The largest absolute Gasteiger partial charge is 0.383 e. The van der Waals surface area contributed by atoms with E-state index in [2.05, 4.69) is 24.1 Å². The van der Waals surface area contributed by atoms with Gasteiger partial charge >= 0.3 is 5.69 Å². The molecule has 0 radical (unpaired) electrons. The van der Waals surface area contributed by atoms with Crippen molar-refractivity contribution in [1.29, 1.82) is 0 Å². The number of nitrogens with one attached hydrogen (secondary N) is 2. The van der Waals surface area contributed by atoms with Crippen LogP contribution in [0.4, 0.5) is 11.5 Å². The first-order valence-corrected chi connectivity index (χ1v) is 7.41. The van der Waals surface area contributed by atoms with E-state index in [1.807, 2.05) is 6.92 Å². The first-order chi connectivity index (χ1) is 9.54. The van der Waals surface area contributed by atoms with E-state index in [4.69, 9.17) is 5.73 Å². The molecule has 1 rings (SSSR count). The maximum Gasteiger partial charge on any atom is 0.330 e. The van der Waals surface area contributed by atoms with Gasteiger partial charge in [-0.2, -0.15) is 0 Å². The first kappa shape index (κ1) is 16.3. The van der Waals surface area contributed by atoms with Crippen LogP contribution in [0, 0.1) is 5.92 Å². The minimum atomic E-state index is -0.439. The van der Waals surface area contributed by atoms with Gasteiger partial charge in [0.2, 0.25) is 0 Å². The third-order valence-corrected chi connectivity index (χ3v) is 3.70. The number of rotatable bonds is 8. The Morgan fingerprint density at radius 2 is 1.90 bits per heavy atom. The zero-order valence-electron chi connectivity index (χ0n) is 12.7. The first-order valence-electron chi connectivity index (χ1n) is 7.41. The summed E-state index contributed by atoms with van der Waals surface area (Å²) < 4.78 is 1.43. The van der Waals surface area contributed by atoms with Gasteiger partial charge in [-0.15, -0.1) is 0 Å². The smallest absolute Gasteiger partial charge is 0.330 e. The minimum Gasteiger partial charge on any atom is -0.383 e. The van der Waals surface area contributed by atoms with Crippen LogP contribution in [0.2, 0.25) is 0 Å². The molecule has 114 valence electrons. The van der Waals surface area contributed by atoms with Crippen molar-refractivity contribution in [2.24, 2.45) is 5.92 Å². The van der Waals surface area contributed by atoms with Crippen molar-refractivity contribution in [3.05, 3.63) is 20.8 Å². The number of nitrogens with zero attached hydrogens (tertiary/aromatic N) is 1. The molecule has 1 heterocycles. The van der Waals surface area contributed by atoms with Gasteiger partial charge in [-0.1, -0.05) is 40.0 Å². The van der Waals surface area contributed by atoms with Gasteiger partial charge < -0.3 is 11.1 Å². The molecule has 0 aliphatic heterocycles. The van der Waals surface area contributed by atoms with Crippen molar-refractivity contribution in [2.45, 2.75) is 53.0 Å². The summed E-state index contributed by atoms with van der Waals surface area (Å²) in [6, 6.07) is 0. The van der Waals surface area contributed by atoms with E-state index >= 15 is 0 Å². The highest BCUT2D eigenvalue weighted by Gasteiger charge is 2.13. The molecule has 0 unspecified atom stereocenters. The fraction of sp³-hybridized carbons (Fsp3) is 0.714. The fourth-order valence-electron chi connectivity index (χ4n) is 2.12. The lowest BCUT2D eigenvalue weighted by Crippen LogP contribution is -2.34. The summed E-state index contributed by atoms with van der Waals surface area (Å²) in [4.78, 5) is 26.0. The summed E-state index contributed by atoms with van der Waals surface area (Å²) in [5, 5.41) is 3.10. The van der Waals surface area contributed by atoms with Gasteiger partial charge in [-0.25, -0.2) is 4.79 Å². The molecule has 20 heavy (non-hydrogen) atoms. The van der Waals surface area contributed by atoms with Crippen LogP contribution in [0.3, 0.4) is 0 Å². The highest BCUT2D eigenvalue weighted by molar-refractivity contribution is 5.60. The summed E-state index contributed by atoms with van der Waals surface area (Å²) in [5.74, 6) is 0.725. The Kier molecular flexibility index (Phi) is 6.35. The number of hydrogen-bond acceptors (Lipinski definition) is 4. The van der Waals surface area contributed by atoms with Crippen LogP contribution in [-0.4, -0.2) is 16.1 Å². The molecular weight excluding hydrogens is 256 g/mol. The summed E-state index contributed by atoms with van der Waals surface area (Å²) in [5.41, 5.74) is 5.41. The lowest BCUT2D eigenvalue weighted by molar-refractivity contribution is 0.518. The van der Waals surface area contributed by atoms with Crippen LogP contribution in [-0.2, 0) is 6.54 Å². The second-order valence-electron chi connectivity index (χ2n) is 5.09. The molecule has 0 atom stereocenters. The molecule has 0 bridgehead atoms. The van der Waals surface area contributed by atoms with Crippen molar-refractivity contribution < 1.29 is 0 Å². The number of aromatic nitrogens is 2. The maximum atomic E-state index is 11.9. The van der Waals surface area contributed by atoms with E-state index < -0.39 is 11.2 Å². The Bertz CT molecular complexity index is 529. The van der Waals surface area contributed by atoms with Gasteiger partial charge in [-0.05, 0) is 12.3 Å². The van der Waals surface area contributed by atoms with Crippen LogP contribution >= 0.6 is 0 Å². The molecule has 0 fully saturated rings. The molecule has 6 heteroatoms. The van der Waals surface area contributed by atoms with E-state index in [1.54, 1.807) is 0 Å². The van der Waals surface area contributed by atoms with Gasteiger partial charge in [0.1, 0.15) is 11.5 Å². The van der Waals surface area contributed by atoms with Crippen molar-refractivity contribution in [3.8, 4) is 0 Å². The molecule has 1 aromatic heterocycles. The second kappa shape index (κ2) is 7.77. The third kappa shape index (κ3) is 3.88. The molecule has 0 amide bonds. The monoisotopic (exact) mass is 282 g/mol. The lowest BCUT2D eigenvalue weighted by Gasteiger charge is -2.17. The van der Waals surface area contributed by atoms with Gasteiger partial charge in [0.15, 0.2) is 0 Å². The Hall–Kier alpha value is -1.72. The Morgan fingerprint density at radius 3 is 2.45 bits per heavy atom. The van der Waals surface area contributed by atoms with E-state index in [0.717, 1.165) is 25.7 Å². The number of nitrogen functional groups attached to an aromatic ring is 1. The van der Waals surface area contributed by atoms with Crippen LogP contribution in [0.25, 0.3) is 0 Å². The summed E-state index contributed by atoms with van der Waals surface area (Å²) in [7, 11) is 0. The van der Waals surface area contributed by atoms with Crippen LogP contribution in [0.5, 0.6) is 0 Å². The van der Waals surface area contributed by atoms with Crippen molar-refractivity contribution in [2.75, 3.05) is 17.6 Å². The van der Waals surface area contributed by atoms with Gasteiger partial charge in [0.25, 0.3) is 5.56 Å². The average molecular weight is 282 g/mol. The summed E-state index contributed by atoms with van der Waals surface area (Å²) >= 11 is 0. The molecule has 0 spiro atoms. The second-order valence-corrected chi connectivity index (χ2v) is 5.09. The lowest BCUT2D eigenvalue weighted by atomic mass is 10.0. The van der Waals surface area contributed by atoms with E-state index in [1.165, 1.54) is 4.57 Å².